The average Bonchev–Trinajstić information content (AvgIpc) is 3.10. The Morgan fingerprint density at radius 3 is 2.83 bits per heavy atom. The highest BCUT2D eigenvalue weighted by Gasteiger charge is 2.31. The molecular weight excluding hydrogens is 314 g/mol. The Kier molecular flexibility index (Phi) is 4.62. The van der Waals surface area contributed by atoms with Crippen molar-refractivity contribution >= 4 is 15.7 Å². The van der Waals surface area contributed by atoms with Gasteiger partial charge in [0.05, 0.1) is 11.5 Å². The van der Waals surface area contributed by atoms with Crippen LogP contribution < -0.4 is 10.1 Å². The van der Waals surface area contributed by atoms with E-state index in [9.17, 15) is 13.2 Å². The van der Waals surface area contributed by atoms with Crippen molar-refractivity contribution in [2.24, 2.45) is 0 Å². The maximum Gasteiger partial charge on any atom is 0.261 e. The molecule has 2 aliphatic rings. The minimum Gasteiger partial charge on any atom is -0.481 e. The van der Waals surface area contributed by atoms with Gasteiger partial charge in [-0.15, -0.1) is 0 Å². The van der Waals surface area contributed by atoms with Crippen LogP contribution in [0.15, 0.2) is 18.2 Å². The Bertz CT molecular complexity index is 699. The standard InChI is InChI=1S/C17H23NO4S/c1-2-16(17(19)18-14-8-9-23(20,21)11-14)22-15-7-6-12-4-3-5-13(12)10-15/h6-7,10,14,16H,2-5,8-9,11H2,1H3,(H,18,19)/t14-,16+/m0/s1. The lowest BCUT2D eigenvalue weighted by atomic mass is 10.1. The summed E-state index contributed by atoms with van der Waals surface area (Å²) in [4.78, 5) is 12.3. The Morgan fingerprint density at radius 1 is 1.35 bits per heavy atom. The molecule has 0 radical (unpaired) electrons. The zero-order valence-corrected chi connectivity index (χ0v) is 14.2. The molecule has 23 heavy (non-hydrogen) atoms. The van der Waals surface area contributed by atoms with Crippen LogP contribution in [0.1, 0.15) is 37.3 Å². The van der Waals surface area contributed by atoms with E-state index in [1.165, 1.54) is 17.5 Å². The van der Waals surface area contributed by atoms with Gasteiger partial charge in [0.2, 0.25) is 0 Å². The maximum atomic E-state index is 12.3. The molecule has 1 aliphatic heterocycles. The minimum absolute atomic E-state index is 0.0357. The molecule has 1 aromatic carbocycles. The van der Waals surface area contributed by atoms with E-state index in [1.54, 1.807) is 0 Å². The molecule has 1 fully saturated rings. The first-order valence-corrected chi connectivity index (χ1v) is 10.1. The molecule has 3 rings (SSSR count). The Labute approximate surface area is 137 Å². The van der Waals surface area contributed by atoms with E-state index in [4.69, 9.17) is 4.74 Å². The van der Waals surface area contributed by atoms with Crippen LogP contribution in [0.5, 0.6) is 5.75 Å². The summed E-state index contributed by atoms with van der Waals surface area (Å²) in [7, 11) is -2.99. The number of aryl methyl sites for hydroxylation is 2. The van der Waals surface area contributed by atoms with Crippen LogP contribution in [0.2, 0.25) is 0 Å². The van der Waals surface area contributed by atoms with Crippen LogP contribution in [0.3, 0.4) is 0 Å². The highest BCUT2D eigenvalue weighted by molar-refractivity contribution is 7.91. The lowest BCUT2D eigenvalue weighted by molar-refractivity contribution is -0.128. The quantitative estimate of drug-likeness (QED) is 0.886. The highest BCUT2D eigenvalue weighted by Crippen LogP contribution is 2.26. The number of benzene rings is 1. The number of carbonyl (C=O) groups is 1. The van der Waals surface area contributed by atoms with Crippen LogP contribution in [0.25, 0.3) is 0 Å². The molecule has 5 nitrogen and oxygen atoms in total. The number of ether oxygens (including phenoxy) is 1. The van der Waals surface area contributed by atoms with Crippen LogP contribution in [-0.4, -0.2) is 38.0 Å². The van der Waals surface area contributed by atoms with Crippen molar-refractivity contribution in [2.75, 3.05) is 11.5 Å². The number of hydrogen-bond donors (Lipinski definition) is 1. The van der Waals surface area contributed by atoms with E-state index in [2.05, 4.69) is 11.4 Å². The van der Waals surface area contributed by atoms with Crippen LogP contribution >= 0.6 is 0 Å². The molecule has 1 N–H and O–H groups in total. The average molecular weight is 337 g/mol. The van der Waals surface area contributed by atoms with Crippen molar-refractivity contribution in [3.8, 4) is 5.75 Å². The fraction of sp³-hybridized carbons (Fsp3) is 0.588. The van der Waals surface area contributed by atoms with Crippen LogP contribution in [-0.2, 0) is 27.5 Å². The van der Waals surface area contributed by atoms with Gasteiger partial charge in [-0.1, -0.05) is 13.0 Å². The van der Waals surface area contributed by atoms with Gasteiger partial charge in [-0.2, -0.15) is 0 Å². The number of fused-ring (bicyclic) bond motifs is 1. The van der Waals surface area contributed by atoms with Gasteiger partial charge in [0.25, 0.3) is 5.91 Å². The lowest BCUT2D eigenvalue weighted by Crippen LogP contribution is -2.44. The Hall–Kier alpha value is -1.56. The molecule has 1 aliphatic carbocycles. The van der Waals surface area contributed by atoms with E-state index >= 15 is 0 Å². The summed E-state index contributed by atoms with van der Waals surface area (Å²) in [6.45, 7) is 1.89. The third-order valence-corrected chi connectivity index (χ3v) is 6.36. The number of carbonyl (C=O) groups excluding carboxylic acids is 1. The second-order valence-electron chi connectivity index (χ2n) is 6.41. The summed E-state index contributed by atoms with van der Waals surface area (Å²) in [6.07, 6.45) is 3.80. The maximum absolute atomic E-state index is 12.3. The van der Waals surface area contributed by atoms with Gasteiger partial charge in [0.15, 0.2) is 15.9 Å². The molecule has 1 aromatic rings. The molecule has 1 saturated heterocycles. The minimum atomic E-state index is -2.99. The first kappa shape index (κ1) is 16.3. The molecule has 0 spiro atoms. The van der Waals surface area contributed by atoms with Crippen LogP contribution in [0, 0.1) is 0 Å². The lowest BCUT2D eigenvalue weighted by Gasteiger charge is -2.20. The summed E-state index contributed by atoms with van der Waals surface area (Å²) in [5.74, 6) is 0.677. The van der Waals surface area contributed by atoms with Crippen molar-refractivity contribution in [3.63, 3.8) is 0 Å². The van der Waals surface area contributed by atoms with Gasteiger partial charge < -0.3 is 10.1 Å². The third-order valence-electron chi connectivity index (χ3n) is 4.59. The predicted octanol–water partition coefficient (Wildman–Crippen LogP) is 1.64. The number of nitrogens with one attached hydrogen (secondary N) is 1. The number of hydrogen-bond acceptors (Lipinski definition) is 4. The van der Waals surface area contributed by atoms with Crippen molar-refractivity contribution in [3.05, 3.63) is 29.3 Å². The summed E-state index contributed by atoms with van der Waals surface area (Å²) in [5.41, 5.74) is 2.67. The van der Waals surface area contributed by atoms with E-state index in [-0.39, 0.29) is 23.5 Å². The molecule has 126 valence electrons. The summed E-state index contributed by atoms with van der Waals surface area (Å²) >= 11 is 0. The van der Waals surface area contributed by atoms with Gasteiger partial charge in [-0.3, -0.25) is 4.79 Å². The van der Waals surface area contributed by atoms with E-state index < -0.39 is 15.9 Å². The molecular formula is C17H23NO4S. The topological polar surface area (TPSA) is 72.5 Å². The van der Waals surface area contributed by atoms with Gasteiger partial charge in [-0.05, 0) is 55.4 Å². The van der Waals surface area contributed by atoms with Gasteiger partial charge >= 0.3 is 0 Å². The van der Waals surface area contributed by atoms with Gasteiger partial charge in [0.1, 0.15) is 5.75 Å². The number of rotatable bonds is 5. The first-order chi connectivity index (χ1) is 11.0. The fourth-order valence-electron chi connectivity index (χ4n) is 3.31. The van der Waals surface area contributed by atoms with Crippen molar-refractivity contribution in [1.82, 2.24) is 5.32 Å². The van der Waals surface area contributed by atoms with Crippen molar-refractivity contribution in [2.45, 2.75) is 51.2 Å². The van der Waals surface area contributed by atoms with E-state index in [1.807, 2.05) is 19.1 Å². The van der Waals surface area contributed by atoms with Gasteiger partial charge in [-0.25, -0.2) is 8.42 Å². The smallest absolute Gasteiger partial charge is 0.261 e. The zero-order valence-electron chi connectivity index (χ0n) is 13.4. The summed E-state index contributed by atoms with van der Waals surface area (Å²) in [6, 6.07) is 5.73. The van der Waals surface area contributed by atoms with E-state index in [0.717, 1.165) is 12.8 Å². The molecule has 1 heterocycles. The molecule has 6 heteroatoms. The molecule has 0 unspecified atom stereocenters. The second kappa shape index (κ2) is 6.51. The van der Waals surface area contributed by atoms with Crippen LogP contribution in [0.4, 0.5) is 0 Å². The molecule has 2 atom stereocenters. The SMILES string of the molecule is CC[C@@H](Oc1ccc2c(c1)CCC2)C(=O)N[C@H]1CCS(=O)(=O)C1. The Balaban J connectivity index is 1.62. The van der Waals surface area contributed by atoms with Crippen molar-refractivity contribution < 1.29 is 17.9 Å². The largest absolute Gasteiger partial charge is 0.481 e. The summed E-state index contributed by atoms with van der Waals surface area (Å²) < 4.78 is 28.8. The number of amides is 1. The second-order valence-corrected chi connectivity index (χ2v) is 8.64. The normalized spacial score (nSPS) is 23.3. The monoisotopic (exact) mass is 337 g/mol. The first-order valence-electron chi connectivity index (χ1n) is 8.26. The van der Waals surface area contributed by atoms with Crippen molar-refractivity contribution in [1.29, 1.82) is 0 Å². The molecule has 0 aromatic heterocycles. The highest BCUT2D eigenvalue weighted by atomic mass is 32.2. The number of sulfone groups is 1. The summed E-state index contributed by atoms with van der Waals surface area (Å²) in [5, 5.41) is 2.81. The van der Waals surface area contributed by atoms with Gasteiger partial charge in [0, 0.05) is 6.04 Å². The fourth-order valence-corrected chi connectivity index (χ4v) is 4.98. The third kappa shape index (κ3) is 3.86. The molecule has 0 bridgehead atoms. The Morgan fingerprint density at radius 2 is 2.13 bits per heavy atom. The van der Waals surface area contributed by atoms with E-state index in [0.29, 0.717) is 18.6 Å². The molecule has 1 amide bonds. The molecule has 0 saturated carbocycles. The predicted molar refractivity (Wildman–Crippen MR) is 88.4 cm³/mol. The zero-order chi connectivity index (χ0) is 16.4.